The molecular weight excluding hydrogens is 346 g/mol. The van der Waals surface area contributed by atoms with Gasteiger partial charge < -0.3 is 9.16 Å². The number of Topliss-reactive ketones (excluding diaryl/α,β-unsaturated/α-hetero) is 1. The molecule has 142 valence electrons. The molecule has 0 spiro atoms. The smallest absolute Gasteiger partial charge is 0.218 e. The Bertz CT molecular complexity index is 629. The van der Waals surface area contributed by atoms with Gasteiger partial charge in [0.1, 0.15) is 13.9 Å². The number of nitrogens with zero attached hydrogens (tertiary/aromatic N) is 1. The van der Waals surface area contributed by atoms with Gasteiger partial charge in [0.2, 0.25) is 5.88 Å². The standard InChI is InChI=1S/C19H35NO3Si2/c1-14(21)11-15-12-17(24(6,7)8)20-18(22-5)16(15)13-23-25(9,10)19(2,3)4/h12H,11,13H2,1-10H3. The summed E-state index contributed by atoms with van der Waals surface area (Å²) in [6, 6.07) is 2.10. The first-order chi connectivity index (χ1) is 11.2. The first kappa shape index (κ1) is 22.1. The number of carbonyl (C=O) groups is 1. The Labute approximate surface area is 155 Å². The first-order valence-corrected chi connectivity index (χ1v) is 15.3. The van der Waals surface area contributed by atoms with Gasteiger partial charge in [0, 0.05) is 17.3 Å². The van der Waals surface area contributed by atoms with Crippen molar-refractivity contribution in [1.82, 2.24) is 4.98 Å². The van der Waals surface area contributed by atoms with Crippen molar-refractivity contribution >= 4 is 27.5 Å². The Morgan fingerprint density at radius 1 is 1.16 bits per heavy atom. The molecule has 6 heteroatoms. The Balaban J connectivity index is 3.34. The van der Waals surface area contributed by atoms with Crippen LogP contribution in [0.5, 0.6) is 5.88 Å². The maximum absolute atomic E-state index is 11.8. The fraction of sp³-hybridized carbons (Fsp3) is 0.684. The minimum Gasteiger partial charge on any atom is -0.481 e. The molecule has 0 fully saturated rings. The van der Waals surface area contributed by atoms with Crippen LogP contribution in [0.3, 0.4) is 0 Å². The number of hydrogen-bond acceptors (Lipinski definition) is 4. The molecule has 0 bridgehead atoms. The highest BCUT2D eigenvalue weighted by atomic mass is 28.4. The molecule has 4 nitrogen and oxygen atoms in total. The van der Waals surface area contributed by atoms with Crippen molar-refractivity contribution < 1.29 is 14.0 Å². The largest absolute Gasteiger partial charge is 0.481 e. The van der Waals surface area contributed by atoms with Gasteiger partial charge in [-0.2, -0.15) is 0 Å². The third-order valence-electron chi connectivity index (χ3n) is 4.96. The van der Waals surface area contributed by atoms with Crippen LogP contribution in [0.2, 0.25) is 37.8 Å². The predicted octanol–water partition coefficient (Wildman–Crippen LogP) is 4.29. The molecule has 0 N–H and O–H groups in total. The summed E-state index contributed by atoms with van der Waals surface area (Å²) >= 11 is 0. The normalized spacial score (nSPS) is 13.0. The van der Waals surface area contributed by atoms with Crippen LogP contribution < -0.4 is 10.1 Å². The fourth-order valence-electron chi connectivity index (χ4n) is 2.20. The third-order valence-corrected chi connectivity index (χ3v) is 11.2. The van der Waals surface area contributed by atoms with Gasteiger partial charge in [-0.15, -0.1) is 0 Å². The quantitative estimate of drug-likeness (QED) is 0.661. The van der Waals surface area contributed by atoms with E-state index in [2.05, 4.69) is 59.6 Å². The zero-order valence-corrected chi connectivity index (χ0v) is 19.7. The number of methoxy groups -OCH3 is 1. The molecule has 0 unspecified atom stereocenters. The third kappa shape index (κ3) is 5.76. The lowest BCUT2D eigenvalue weighted by atomic mass is 10.1. The van der Waals surface area contributed by atoms with E-state index in [1.165, 1.54) is 0 Å². The number of aromatic nitrogens is 1. The molecule has 0 saturated carbocycles. The van der Waals surface area contributed by atoms with E-state index < -0.39 is 16.4 Å². The van der Waals surface area contributed by atoms with E-state index in [4.69, 9.17) is 14.1 Å². The maximum atomic E-state index is 11.8. The van der Waals surface area contributed by atoms with Crippen molar-refractivity contribution in [3.63, 3.8) is 0 Å². The van der Waals surface area contributed by atoms with Crippen molar-refractivity contribution in [1.29, 1.82) is 0 Å². The lowest BCUT2D eigenvalue weighted by molar-refractivity contribution is -0.116. The number of ether oxygens (including phenoxy) is 1. The van der Waals surface area contributed by atoms with E-state index in [1.807, 2.05) is 0 Å². The second-order valence-electron chi connectivity index (χ2n) is 9.33. The first-order valence-electron chi connectivity index (χ1n) is 8.89. The van der Waals surface area contributed by atoms with Crippen LogP contribution in [0.25, 0.3) is 0 Å². The molecule has 0 aromatic carbocycles. The summed E-state index contributed by atoms with van der Waals surface area (Å²) in [5.41, 5.74) is 1.92. The summed E-state index contributed by atoms with van der Waals surface area (Å²) in [6.45, 7) is 19.9. The number of carbonyl (C=O) groups excluding carboxylic acids is 1. The number of hydrogen-bond donors (Lipinski definition) is 0. The fourth-order valence-corrected chi connectivity index (χ4v) is 4.18. The summed E-state index contributed by atoms with van der Waals surface area (Å²) < 4.78 is 12.0. The average Bonchev–Trinajstić information content (AvgIpc) is 2.42. The van der Waals surface area contributed by atoms with Crippen LogP contribution >= 0.6 is 0 Å². The SMILES string of the molecule is COc1nc([Si](C)(C)C)cc(CC(C)=O)c1CO[Si](C)(C)C(C)(C)C. The molecule has 1 aromatic rings. The zero-order chi connectivity index (χ0) is 19.6. The highest BCUT2D eigenvalue weighted by molar-refractivity contribution is 6.88. The molecular formula is C19H35NO3Si2. The Hall–Kier alpha value is -0.986. The molecule has 0 amide bonds. The highest BCUT2D eigenvalue weighted by Gasteiger charge is 2.37. The summed E-state index contributed by atoms with van der Waals surface area (Å²) in [5, 5.41) is 1.20. The molecule has 1 rings (SSSR count). The van der Waals surface area contributed by atoms with E-state index in [0.29, 0.717) is 18.9 Å². The summed E-state index contributed by atoms with van der Waals surface area (Å²) in [5.74, 6) is 0.748. The molecule has 0 aliphatic rings. The van der Waals surface area contributed by atoms with Gasteiger partial charge in [-0.25, -0.2) is 4.98 Å². The van der Waals surface area contributed by atoms with Gasteiger partial charge in [-0.3, -0.25) is 4.79 Å². The van der Waals surface area contributed by atoms with E-state index >= 15 is 0 Å². The van der Waals surface area contributed by atoms with Gasteiger partial charge in [0.15, 0.2) is 8.32 Å². The lowest BCUT2D eigenvalue weighted by Crippen LogP contribution is -2.42. The van der Waals surface area contributed by atoms with E-state index in [1.54, 1.807) is 14.0 Å². The van der Waals surface area contributed by atoms with E-state index in [9.17, 15) is 4.79 Å². The van der Waals surface area contributed by atoms with Gasteiger partial charge in [0.25, 0.3) is 0 Å². The van der Waals surface area contributed by atoms with Crippen LogP contribution in [0.15, 0.2) is 6.07 Å². The van der Waals surface area contributed by atoms with E-state index in [0.717, 1.165) is 16.4 Å². The predicted molar refractivity (Wildman–Crippen MR) is 110 cm³/mol. The summed E-state index contributed by atoms with van der Waals surface area (Å²) in [7, 11) is -1.86. The number of ketones is 1. The zero-order valence-electron chi connectivity index (χ0n) is 17.7. The molecule has 0 aliphatic heterocycles. The van der Waals surface area contributed by atoms with Crippen molar-refractivity contribution in [2.24, 2.45) is 0 Å². The monoisotopic (exact) mass is 381 g/mol. The minimum absolute atomic E-state index is 0.132. The topological polar surface area (TPSA) is 48.4 Å². The second kappa shape index (κ2) is 7.72. The molecule has 25 heavy (non-hydrogen) atoms. The molecule has 0 atom stereocenters. The summed E-state index contributed by atoms with van der Waals surface area (Å²) in [4.78, 5) is 16.6. The van der Waals surface area contributed by atoms with Gasteiger partial charge in [-0.1, -0.05) is 40.4 Å². The molecule has 1 heterocycles. The average molecular weight is 382 g/mol. The minimum atomic E-state index is -1.90. The number of pyridine rings is 1. The Morgan fingerprint density at radius 3 is 2.12 bits per heavy atom. The second-order valence-corrected chi connectivity index (χ2v) is 19.2. The van der Waals surface area contributed by atoms with Crippen LogP contribution in [-0.2, 0) is 22.2 Å². The van der Waals surface area contributed by atoms with Crippen molar-refractivity contribution in [3.8, 4) is 5.88 Å². The van der Waals surface area contributed by atoms with Crippen LogP contribution in [-0.4, -0.2) is 34.3 Å². The highest BCUT2D eigenvalue weighted by Crippen LogP contribution is 2.37. The van der Waals surface area contributed by atoms with Crippen molar-refractivity contribution in [2.75, 3.05) is 7.11 Å². The van der Waals surface area contributed by atoms with Crippen LogP contribution in [0, 0.1) is 0 Å². The molecule has 1 aromatic heterocycles. The molecule has 0 aliphatic carbocycles. The van der Waals surface area contributed by atoms with Crippen molar-refractivity contribution in [2.45, 2.75) is 78.5 Å². The van der Waals surface area contributed by atoms with Gasteiger partial charge in [0.05, 0.1) is 13.7 Å². The number of rotatable bonds is 7. The van der Waals surface area contributed by atoms with Gasteiger partial charge >= 0.3 is 0 Å². The maximum Gasteiger partial charge on any atom is 0.218 e. The van der Waals surface area contributed by atoms with Gasteiger partial charge in [-0.05, 0) is 36.7 Å². The van der Waals surface area contributed by atoms with Crippen LogP contribution in [0.4, 0.5) is 0 Å². The molecule has 0 radical (unpaired) electrons. The van der Waals surface area contributed by atoms with E-state index in [-0.39, 0.29) is 10.8 Å². The Morgan fingerprint density at radius 2 is 1.72 bits per heavy atom. The lowest BCUT2D eigenvalue weighted by Gasteiger charge is -2.36. The van der Waals surface area contributed by atoms with Crippen molar-refractivity contribution in [3.05, 3.63) is 17.2 Å². The Kier molecular flexibility index (Phi) is 6.81. The summed E-state index contributed by atoms with van der Waals surface area (Å²) in [6.07, 6.45) is 0.395. The molecule has 0 saturated heterocycles. The van der Waals surface area contributed by atoms with Crippen LogP contribution in [0.1, 0.15) is 38.8 Å².